The smallest absolute Gasteiger partial charge is 0.305 e. The minimum atomic E-state index is -1.66. The molecule has 0 N–H and O–H groups in total. The van der Waals surface area contributed by atoms with Crippen LogP contribution in [0, 0.1) is 46.3 Å². The first-order chi connectivity index (χ1) is 17.6. The maximum atomic E-state index is 11.7. The van der Waals surface area contributed by atoms with E-state index in [9.17, 15) is 4.79 Å². The Bertz CT molecular complexity index is 834. The van der Waals surface area contributed by atoms with E-state index in [-0.39, 0.29) is 5.97 Å². The van der Waals surface area contributed by atoms with Gasteiger partial charge >= 0.3 is 5.97 Å². The third kappa shape index (κ3) is 6.33. The maximum Gasteiger partial charge on any atom is 0.305 e. The topological polar surface area (TPSA) is 44.8 Å². The molecule has 0 heterocycles. The molecular formula is C32H60O4Si2. The molecule has 4 rings (SSSR count). The number of hydrogen-bond acceptors (Lipinski definition) is 4. The van der Waals surface area contributed by atoms with E-state index >= 15 is 0 Å². The molecule has 220 valence electrons. The van der Waals surface area contributed by atoms with Crippen LogP contribution in [0.4, 0.5) is 0 Å². The first-order valence-corrected chi connectivity index (χ1v) is 22.8. The second kappa shape index (κ2) is 11.2. The molecular weight excluding hydrogens is 505 g/mol. The molecule has 4 fully saturated rings. The van der Waals surface area contributed by atoms with Gasteiger partial charge in [-0.1, -0.05) is 20.8 Å². The summed E-state index contributed by atoms with van der Waals surface area (Å²) < 4.78 is 18.8. The van der Waals surface area contributed by atoms with Crippen molar-refractivity contribution < 1.29 is 18.4 Å². The van der Waals surface area contributed by atoms with Crippen molar-refractivity contribution in [3.63, 3.8) is 0 Å². The van der Waals surface area contributed by atoms with Crippen LogP contribution in [0.3, 0.4) is 0 Å². The average molecular weight is 565 g/mol. The Kier molecular flexibility index (Phi) is 9.11. The molecule has 4 aliphatic carbocycles. The van der Waals surface area contributed by atoms with Gasteiger partial charge in [-0.3, -0.25) is 4.79 Å². The zero-order valence-electron chi connectivity index (χ0n) is 26.5. The van der Waals surface area contributed by atoms with E-state index in [2.05, 4.69) is 60.1 Å². The third-order valence-electron chi connectivity index (χ3n) is 11.7. The minimum Gasteiger partial charge on any atom is -0.469 e. The minimum absolute atomic E-state index is 0.0606. The first kappa shape index (κ1) is 30.8. The number of rotatable bonds is 9. The lowest BCUT2D eigenvalue weighted by Gasteiger charge is -2.64. The molecule has 4 saturated carbocycles. The van der Waals surface area contributed by atoms with Crippen LogP contribution in [0.15, 0.2) is 0 Å². The van der Waals surface area contributed by atoms with E-state index in [1.54, 1.807) is 0 Å². The van der Waals surface area contributed by atoms with Crippen LogP contribution in [0.25, 0.3) is 0 Å². The highest BCUT2D eigenvalue weighted by Crippen LogP contribution is 2.69. The van der Waals surface area contributed by atoms with Crippen molar-refractivity contribution >= 4 is 22.6 Å². The lowest BCUT2D eigenvalue weighted by atomic mass is 9.43. The normalized spacial score (nSPS) is 42.1. The average Bonchev–Trinajstić information content (AvgIpc) is 3.15. The lowest BCUT2D eigenvalue weighted by molar-refractivity contribution is -0.168. The summed E-state index contributed by atoms with van der Waals surface area (Å²) in [6.45, 7) is 22.0. The number of esters is 1. The highest BCUT2D eigenvalue weighted by molar-refractivity contribution is 6.70. The van der Waals surface area contributed by atoms with Crippen molar-refractivity contribution in [3.8, 4) is 0 Å². The molecule has 0 saturated heterocycles. The Morgan fingerprint density at radius 1 is 0.868 bits per heavy atom. The van der Waals surface area contributed by atoms with E-state index in [4.69, 9.17) is 13.6 Å². The van der Waals surface area contributed by atoms with Crippen molar-refractivity contribution in [1.82, 2.24) is 0 Å². The number of methoxy groups -OCH3 is 1. The first-order valence-electron chi connectivity index (χ1n) is 16.0. The molecule has 0 aromatic rings. The van der Waals surface area contributed by atoms with Crippen LogP contribution in [0.2, 0.25) is 39.3 Å². The van der Waals surface area contributed by atoms with Crippen LogP contribution in [0.1, 0.15) is 91.4 Å². The van der Waals surface area contributed by atoms with Crippen LogP contribution in [0.5, 0.6) is 0 Å². The summed E-state index contributed by atoms with van der Waals surface area (Å²) in [5.74, 6) is 4.40. The van der Waals surface area contributed by atoms with Gasteiger partial charge in [0.2, 0.25) is 0 Å². The summed E-state index contributed by atoms with van der Waals surface area (Å²) >= 11 is 0. The van der Waals surface area contributed by atoms with Crippen molar-refractivity contribution in [2.24, 2.45) is 46.3 Å². The molecule has 0 bridgehead atoms. The second-order valence-corrected chi connectivity index (χ2v) is 25.2. The van der Waals surface area contributed by atoms with Gasteiger partial charge in [0.05, 0.1) is 7.11 Å². The van der Waals surface area contributed by atoms with Crippen molar-refractivity contribution in [2.45, 2.75) is 143 Å². The van der Waals surface area contributed by atoms with Crippen molar-refractivity contribution in [1.29, 1.82) is 0 Å². The number of hydrogen-bond donors (Lipinski definition) is 0. The zero-order chi connectivity index (χ0) is 28.1. The van der Waals surface area contributed by atoms with Gasteiger partial charge in [0.15, 0.2) is 16.6 Å². The fourth-order valence-corrected chi connectivity index (χ4v) is 12.6. The van der Waals surface area contributed by atoms with E-state index in [1.807, 2.05) is 0 Å². The molecule has 6 heteroatoms. The van der Waals surface area contributed by atoms with E-state index < -0.39 is 16.6 Å². The predicted molar refractivity (Wildman–Crippen MR) is 162 cm³/mol. The van der Waals surface area contributed by atoms with Gasteiger partial charge in [0, 0.05) is 18.6 Å². The standard InChI is InChI=1S/C32H60O4Si2/c1-22(12-11-13-29(33)34-4)25-14-15-26-30-27(17-19-32(25,26)3)31(2)18-16-24(35-37(5,6)7)20-23(31)21-28(30)36-38(8,9)10/h22-28,30H,11-21H2,1-10H3/t22?,23-,24+,25?,26?,27?,28+,30?,31?,32?/m0/s1. The number of carbonyl (C=O) groups is 1. The predicted octanol–water partition coefficient (Wildman–Crippen LogP) is 8.67. The summed E-state index contributed by atoms with van der Waals surface area (Å²) in [6, 6.07) is 0. The Hall–Kier alpha value is -0.176. The van der Waals surface area contributed by atoms with Gasteiger partial charge in [-0.05, 0) is 150 Å². The Morgan fingerprint density at radius 2 is 1.50 bits per heavy atom. The fourth-order valence-electron chi connectivity index (χ4n) is 10.2. The van der Waals surface area contributed by atoms with E-state index in [1.165, 1.54) is 58.5 Å². The van der Waals surface area contributed by atoms with Crippen LogP contribution < -0.4 is 0 Å². The lowest BCUT2D eigenvalue weighted by Crippen LogP contribution is -2.60. The molecule has 0 radical (unpaired) electrons. The number of ether oxygens (including phenoxy) is 1. The Labute approximate surface area is 237 Å². The van der Waals surface area contributed by atoms with Crippen LogP contribution >= 0.6 is 0 Å². The Balaban J connectivity index is 1.55. The molecule has 4 nitrogen and oxygen atoms in total. The number of fused-ring (bicyclic) bond motifs is 5. The van der Waals surface area contributed by atoms with Gasteiger partial charge < -0.3 is 13.6 Å². The van der Waals surface area contributed by atoms with Gasteiger partial charge in [-0.2, -0.15) is 0 Å². The van der Waals surface area contributed by atoms with Gasteiger partial charge in [-0.15, -0.1) is 0 Å². The summed E-state index contributed by atoms with van der Waals surface area (Å²) in [7, 11) is -1.69. The van der Waals surface area contributed by atoms with Gasteiger partial charge in [-0.25, -0.2) is 0 Å². The zero-order valence-corrected chi connectivity index (χ0v) is 28.5. The van der Waals surface area contributed by atoms with Crippen molar-refractivity contribution in [3.05, 3.63) is 0 Å². The van der Waals surface area contributed by atoms with E-state index in [0.29, 0.717) is 41.3 Å². The summed E-state index contributed by atoms with van der Waals surface area (Å²) in [5.41, 5.74) is 0.850. The third-order valence-corrected chi connectivity index (χ3v) is 13.7. The highest BCUT2D eigenvalue weighted by Gasteiger charge is 2.63. The molecule has 0 spiro atoms. The molecule has 0 aromatic carbocycles. The molecule has 0 amide bonds. The second-order valence-electron chi connectivity index (χ2n) is 16.3. The summed E-state index contributed by atoms with van der Waals surface area (Å²) in [4.78, 5) is 11.7. The largest absolute Gasteiger partial charge is 0.469 e. The maximum absolute atomic E-state index is 11.7. The molecule has 0 aliphatic heterocycles. The highest BCUT2D eigenvalue weighted by atomic mass is 28.4. The number of carbonyl (C=O) groups excluding carboxylic acids is 1. The van der Waals surface area contributed by atoms with Gasteiger partial charge in [0.25, 0.3) is 0 Å². The molecule has 10 atom stereocenters. The molecule has 38 heavy (non-hydrogen) atoms. The van der Waals surface area contributed by atoms with Crippen LogP contribution in [-0.2, 0) is 18.4 Å². The fraction of sp³-hybridized carbons (Fsp3) is 0.969. The molecule has 7 unspecified atom stereocenters. The summed E-state index contributed by atoms with van der Waals surface area (Å²) in [5, 5.41) is 0. The van der Waals surface area contributed by atoms with Crippen molar-refractivity contribution in [2.75, 3.05) is 7.11 Å². The quantitative estimate of drug-likeness (QED) is 0.208. The van der Waals surface area contributed by atoms with Crippen LogP contribution in [-0.4, -0.2) is 41.9 Å². The van der Waals surface area contributed by atoms with E-state index in [0.717, 1.165) is 36.5 Å². The molecule has 0 aromatic heterocycles. The molecule has 4 aliphatic rings. The Morgan fingerprint density at radius 3 is 2.13 bits per heavy atom. The SMILES string of the molecule is COC(=O)CCCC(C)C1CCC2C3C(CCC12C)C1(C)CC[C@@H](O[Si](C)(C)C)C[C@H]1C[C@H]3O[Si](C)(C)C. The van der Waals surface area contributed by atoms with Gasteiger partial charge in [0.1, 0.15) is 0 Å². The summed E-state index contributed by atoms with van der Waals surface area (Å²) in [6.07, 6.45) is 14.1. The monoisotopic (exact) mass is 564 g/mol.